The lowest BCUT2D eigenvalue weighted by molar-refractivity contribution is -0.146. The zero-order valence-corrected chi connectivity index (χ0v) is 15.4. The molecule has 2 heteroatoms. The lowest BCUT2D eigenvalue weighted by atomic mass is 9.44. The summed E-state index contributed by atoms with van der Waals surface area (Å²) in [7, 11) is 1.93. The summed E-state index contributed by atoms with van der Waals surface area (Å²) < 4.78 is 5.90. The summed E-state index contributed by atoms with van der Waals surface area (Å²) in [5, 5.41) is 10.2. The van der Waals surface area contributed by atoms with Crippen molar-refractivity contribution in [1.82, 2.24) is 0 Å². The van der Waals surface area contributed by atoms with Gasteiger partial charge in [-0.2, -0.15) is 0 Å². The molecule has 1 N–H and O–H groups in total. The minimum atomic E-state index is -0.0190. The van der Waals surface area contributed by atoms with E-state index in [1.165, 1.54) is 51.4 Å². The molecule has 23 heavy (non-hydrogen) atoms. The molecule has 0 bridgehead atoms. The Morgan fingerprint density at radius 1 is 1.00 bits per heavy atom. The van der Waals surface area contributed by atoms with Crippen LogP contribution in [0, 0.1) is 34.5 Å². The van der Waals surface area contributed by atoms with Crippen molar-refractivity contribution in [3.63, 3.8) is 0 Å². The van der Waals surface area contributed by atoms with Gasteiger partial charge in [0.2, 0.25) is 0 Å². The number of methoxy groups -OCH3 is 1. The Morgan fingerprint density at radius 3 is 2.57 bits per heavy atom. The van der Waals surface area contributed by atoms with E-state index >= 15 is 0 Å². The van der Waals surface area contributed by atoms with E-state index in [1.807, 2.05) is 7.11 Å². The first-order valence-corrected chi connectivity index (χ1v) is 10.3. The van der Waals surface area contributed by atoms with Gasteiger partial charge in [0.1, 0.15) is 0 Å². The fraction of sp³-hybridized carbons (Fsp3) is 1.00. The van der Waals surface area contributed by atoms with E-state index in [2.05, 4.69) is 13.8 Å². The third-order valence-corrected chi connectivity index (χ3v) is 9.19. The number of aliphatic hydroxyl groups is 1. The Labute approximate surface area is 142 Å². The maximum absolute atomic E-state index is 10.2. The molecule has 4 aliphatic rings. The van der Waals surface area contributed by atoms with Crippen LogP contribution in [0.5, 0.6) is 0 Å². The molecule has 4 rings (SSSR count). The van der Waals surface area contributed by atoms with Gasteiger partial charge < -0.3 is 9.84 Å². The van der Waals surface area contributed by atoms with Crippen LogP contribution in [0.4, 0.5) is 0 Å². The van der Waals surface area contributed by atoms with Gasteiger partial charge in [0.25, 0.3) is 0 Å². The summed E-state index contributed by atoms with van der Waals surface area (Å²) in [6.45, 7) is 4.97. The molecule has 4 saturated carbocycles. The molecule has 0 aromatic heterocycles. The summed E-state index contributed by atoms with van der Waals surface area (Å²) in [6, 6.07) is 0. The van der Waals surface area contributed by atoms with Crippen LogP contribution in [-0.2, 0) is 4.74 Å². The summed E-state index contributed by atoms with van der Waals surface area (Å²) in [6.07, 6.45) is 13.5. The van der Waals surface area contributed by atoms with Crippen molar-refractivity contribution >= 4 is 0 Å². The van der Waals surface area contributed by atoms with Crippen LogP contribution >= 0.6 is 0 Å². The van der Waals surface area contributed by atoms with Crippen molar-refractivity contribution < 1.29 is 9.84 Å². The predicted octanol–water partition coefficient (Wildman–Crippen LogP) is 4.80. The fourth-order valence-corrected chi connectivity index (χ4v) is 8.08. The van der Waals surface area contributed by atoms with Gasteiger partial charge in [-0.3, -0.25) is 0 Å². The number of rotatable bonds is 2. The van der Waals surface area contributed by atoms with Gasteiger partial charge in [-0.05, 0) is 98.7 Å². The summed E-state index contributed by atoms with van der Waals surface area (Å²) in [5.74, 6) is 3.54. The van der Waals surface area contributed by atoms with Crippen LogP contribution in [0.25, 0.3) is 0 Å². The molecule has 0 spiro atoms. The second kappa shape index (κ2) is 5.73. The highest BCUT2D eigenvalue weighted by molar-refractivity contribution is 5.10. The smallest absolute Gasteiger partial charge is 0.0627 e. The van der Waals surface area contributed by atoms with Crippen LogP contribution in [0.2, 0.25) is 0 Å². The first-order chi connectivity index (χ1) is 11.0. The van der Waals surface area contributed by atoms with Crippen LogP contribution in [0.3, 0.4) is 0 Å². The second-order valence-corrected chi connectivity index (χ2v) is 9.51. The second-order valence-electron chi connectivity index (χ2n) is 9.51. The molecule has 132 valence electrons. The normalized spacial score (nSPS) is 55.8. The number of aliphatic hydroxyl groups excluding tert-OH is 1. The number of hydrogen-bond donors (Lipinski definition) is 1. The summed E-state index contributed by atoms with van der Waals surface area (Å²) in [5.41, 5.74) is 0.987. The van der Waals surface area contributed by atoms with Crippen LogP contribution < -0.4 is 0 Å². The average Bonchev–Trinajstić information content (AvgIpc) is 2.90. The van der Waals surface area contributed by atoms with Gasteiger partial charge in [0.15, 0.2) is 0 Å². The molecule has 0 amide bonds. The maximum Gasteiger partial charge on any atom is 0.0627 e. The van der Waals surface area contributed by atoms with E-state index in [4.69, 9.17) is 4.74 Å². The quantitative estimate of drug-likeness (QED) is 0.792. The van der Waals surface area contributed by atoms with Crippen LogP contribution in [0.1, 0.15) is 78.1 Å². The highest BCUT2D eigenvalue weighted by Gasteiger charge is 2.61. The molecule has 0 radical (unpaired) electrons. The standard InChI is InChI=1S/C21H36O2/c1-4-21-12-9-15(22)13-14(21)5-6-16-17-7-8-19(23-3)20(17,2)11-10-18(16)21/h14-19,22H,4-13H2,1-3H3/t14-,15-,16-,17-,18-,19-,20-,21-/m0/s1. The topological polar surface area (TPSA) is 29.5 Å². The molecule has 0 aromatic carbocycles. The number of fused-ring (bicyclic) bond motifs is 5. The van der Waals surface area contributed by atoms with Gasteiger partial charge in [-0.15, -0.1) is 0 Å². The van der Waals surface area contributed by atoms with Crippen molar-refractivity contribution in [1.29, 1.82) is 0 Å². The zero-order chi connectivity index (χ0) is 16.2. The van der Waals surface area contributed by atoms with Crippen molar-refractivity contribution in [3.05, 3.63) is 0 Å². The Hall–Kier alpha value is -0.0800. The lowest BCUT2D eigenvalue weighted by Crippen LogP contribution is -2.55. The summed E-state index contributed by atoms with van der Waals surface area (Å²) in [4.78, 5) is 0. The first kappa shape index (κ1) is 16.4. The third kappa shape index (κ3) is 2.20. The van der Waals surface area contributed by atoms with E-state index in [1.54, 1.807) is 0 Å². The Kier molecular flexibility index (Phi) is 4.08. The Morgan fingerprint density at radius 2 is 1.83 bits per heavy atom. The van der Waals surface area contributed by atoms with Gasteiger partial charge in [-0.25, -0.2) is 0 Å². The highest BCUT2D eigenvalue weighted by Crippen LogP contribution is 2.67. The Balaban J connectivity index is 1.63. The van der Waals surface area contributed by atoms with Crippen molar-refractivity contribution in [2.45, 2.75) is 90.3 Å². The molecule has 2 nitrogen and oxygen atoms in total. The Bertz CT molecular complexity index is 449. The molecule has 0 aliphatic heterocycles. The van der Waals surface area contributed by atoms with Gasteiger partial charge in [0, 0.05) is 7.11 Å². The monoisotopic (exact) mass is 320 g/mol. The van der Waals surface area contributed by atoms with Crippen molar-refractivity contribution in [2.24, 2.45) is 34.5 Å². The predicted molar refractivity (Wildman–Crippen MR) is 93.1 cm³/mol. The molecular formula is C21H36O2. The van der Waals surface area contributed by atoms with E-state index in [-0.39, 0.29) is 6.10 Å². The average molecular weight is 321 g/mol. The van der Waals surface area contributed by atoms with Gasteiger partial charge >= 0.3 is 0 Å². The minimum Gasteiger partial charge on any atom is -0.393 e. The SMILES string of the molecule is CC[C@]12CC[C@H](O)C[C@@H]1CC[C@H]1[C@@H]3CC[C@H](OC)[C@@]3(C)CC[C@@H]12. The maximum atomic E-state index is 10.2. The molecule has 0 unspecified atom stereocenters. The number of ether oxygens (including phenoxy) is 1. The van der Waals surface area contributed by atoms with Crippen LogP contribution in [-0.4, -0.2) is 24.4 Å². The van der Waals surface area contributed by atoms with E-state index in [9.17, 15) is 5.11 Å². The molecule has 4 aliphatic carbocycles. The van der Waals surface area contributed by atoms with E-state index in [0.717, 1.165) is 36.5 Å². The van der Waals surface area contributed by atoms with Gasteiger partial charge in [-0.1, -0.05) is 13.8 Å². The minimum absolute atomic E-state index is 0.0190. The molecule has 8 atom stereocenters. The van der Waals surface area contributed by atoms with Gasteiger partial charge in [0.05, 0.1) is 12.2 Å². The molecule has 4 fully saturated rings. The first-order valence-electron chi connectivity index (χ1n) is 10.3. The zero-order valence-electron chi connectivity index (χ0n) is 15.4. The van der Waals surface area contributed by atoms with Crippen molar-refractivity contribution in [2.75, 3.05) is 7.11 Å². The molecule has 0 heterocycles. The molecular weight excluding hydrogens is 284 g/mol. The van der Waals surface area contributed by atoms with E-state index in [0.29, 0.717) is 16.9 Å². The molecule has 0 aromatic rings. The largest absolute Gasteiger partial charge is 0.393 e. The summed E-state index contributed by atoms with van der Waals surface area (Å²) >= 11 is 0. The lowest BCUT2D eigenvalue weighted by Gasteiger charge is -2.61. The number of hydrogen-bond acceptors (Lipinski definition) is 2. The fourth-order valence-electron chi connectivity index (χ4n) is 8.08. The molecule has 0 saturated heterocycles. The van der Waals surface area contributed by atoms with E-state index < -0.39 is 0 Å². The third-order valence-electron chi connectivity index (χ3n) is 9.19. The van der Waals surface area contributed by atoms with Crippen LogP contribution in [0.15, 0.2) is 0 Å². The highest BCUT2D eigenvalue weighted by atomic mass is 16.5. The van der Waals surface area contributed by atoms with Crippen molar-refractivity contribution in [3.8, 4) is 0 Å².